The molecular weight excluding hydrogens is 314 g/mol. The van der Waals surface area contributed by atoms with E-state index in [1.807, 2.05) is 54.6 Å². The standard InChI is InChI=1S/C21H21NO3/c23-17-12-21(13-17,16-7-2-1-3-8-16)14-22-20(24)19-18-9-5-4-6-15(18)10-11-25-19/h1-9,19H,10-14H2,(H,22,24). The molecule has 1 heterocycles. The first-order valence-corrected chi connectivity index (χ1v) is 8.72. The van der Waals surface area contributed by atoms with E-state index in [2.05, 4.69) is 5.32 Å². The maximum Gasteiger partial charge on any atom is 0.253 e. The van der Waals surface area contributed by atoms with Gasteiger partial charge in [-0.05, 0) is 23.1 Å². The quantitative estimate of drug-likeness (QED) is 0.935. The van der Waals surface area contributed by atoms with Crippen molar-refractivity contribution < 1.29 is 14.3 Å². The molecule has 1 amide bonds. The van der Waals surface area contributed by atoms with E-state index >= 15 is 0 Å². The summed E-state index contributed by atoms with van der Waals surface area (Å²) in [7, 11) is 0. The van der Waals surface area contributed by atoms with E-state index < -0.39 is 6.10 Å². The molecule has 2 aromatic rings. The summed E-state index contributed by atoms with van der Waals surface area (Å²) >= 11 is 0. The van der Waals surface area contributed by atoms with E-state index in [1.165, 1.54) is 5.56 Å². The highest BCUT2D eigenvalue weighted by atomic mass is 16.5. The fourth-order valence-electron chi connectivity index (χ4n) is 3.89. The molecule has 1 atom stereocenters. The van der Waals surface area contributed by atoms with Gasteiger partial charge in [0.1, 0.15) is 5.78 Å². The van der Waals surface area contributed by atoms with Gasteiger partial charge in [-0.2, -0.15) is 0 Å². The van der Waals surface area contributed by atoms with Crippen molar-refractivity contribution in [2.45, 2.75) is 30.8 Å². The smallest absolute Gasteiger partial charge is 0.253 e. The van der Waals surface area contributed by atoms with Gasteiger partial charge in [0.15, 0.2) is 6.10 Å². The molecular formula is C21H21NO3. The van der Waals surface area contributed by atoms with Gasteiger partial charge in [0, 0.05) is 24.8 Å². The van der Waals surface area contributed by atoms with Crippen molar-refractivity contribution >= 4 is 11.7 Å². The largest absolute Gasteiger partial charge is 0.363 e. The van der Waals surface area contributed by atoms with Gasteiger partial charge in [-0.3, -0.25) is 9.59 Å². The zero-order valence-corrected chi connectivity index (χ0v) is 14.0. The molecule has 1 unspecified atom stereocenters. The fraction of sp³-hybridized carbons (Fsp3) is 0.333. The second-order valence-electron chi connectivity index (χ2n) is 6.96. The minimum atomic E-state index is -0.562. The average Bonchev–Trinajstić information content (AvgIpc) is 2.64. The summed E-state index contributed by atoms with van der Waals surface area (Å²) in [5.74, 6) is 0.124. The second-order valence-corrected chi connectivity index (χ2v) is 6.96. The van der Waals surface area contributed by atoms with Gasteiger partial charge in [0.2, 0.25) is 0 Å². The monoisotopic (exact) mass is 335 g/mol. The highest BCUT2D eigenvalue weighted by Crippen LogP contribution is 2.41. The lowest BCUT2D eigenvalue weighted by atomic mass is 9.63. The van der Waals surface area contributed by atoms with Crippen molar-refractivity contribution in [3.8, 4) is 0 Å². The third kappa shape index (κ3) is 2.98. The molecule has 0 spiro atoms. The molecule has 0 aromatic heterocycles. The number of carbonyl (C=O) groups is 2. The molecule has 0 saturated heterocycles. The van der Waals surface area contributed by atoms with Crippen LogP contribution in [0.1, 0.15) is 35.6 Å². The van der Waals surface area contributed by atoms with Crippen LogP contribution in [0.25, 0.3) is 0 Å². The average molecular weight is 335 g/mol. The molecule has 4 rings (SSSR count). The van der Waals surface area contributed by atoms with Crippen LogP contribution in [0.2, 0.25) is 0 Å². The minimum absolute atomic E-state index is 0.123. The first-order valence-electron chi connectivity index (χ1n) is 8.72. The molecule has 4 nitrogen and oxygen atoms in total. The minimum Gasteiger partial charge on any atom is -0.363 e. The third-order valence-corrected chi connectivity index (χ3v) is 5.29. The second kappa shape index (κ2) is 6.45. The van der Waals surface area contributed by atoms with Crippen LogP contribution in [0.3, 0.4) is 0 Å². The number of hydrogen-bond donors (Lipinski definition) is 1. The number of ether oxygens (including phenoxy) is 1. The van der Waals surface area contributed by atoms with Gasteiger partial charge in [-0.15, -0.1) is 0 Å². The molecule has 1 N–H and O–H groups in total. The van der Waals surface area contributed by atoms with E-state index in [4.69, 9.17) is 4.74 Å². The maximum absolute atomic E-state index is 12.7. The molecule has 0 bridgehead atoms. The molecule has 2 aromatic carbocycles. The molecule has 1 aliphatic carbocycles. The normalized spacial score (nSPS) is 21.1. The predicted octanol–water partition coefficient (Wildman–Crippen LogP) is 2.72. The summed E-state index contributed by atoms with van der Waals surface area (Å²) in [6, 6.07) is 17.9. The number of ketones is 1. The summed E-state index contributed by atoms with van der Waals surface area (Å²) < 4.78 is 5.73. The van der Waals surface area contributed by atoms with E-state index in [0.29, 0.717) is 26.0 Å². The molecule has 128 valence electrons. The molecule has 1 saturated carbocycles. The summed E-state index contributed by atoms with van der Waals surface area (Å²) in [4.78, 5) is 24.4. The van der Waals surface area contributed by atoms with Crippen LogP contribution in [0.5, 0.6) is 0 Å². The topological polar surface area (TPSA) is 55.4 Å². The Hall–Kier alpha value is -2.46. The van der Waals surface area contributed by atoms with E-state index in [0.717, 1.165) is 17.5 Å². The van der Waals surface area contributed by atoms with Gasteiger partial charge < -0.3 is 10.1 Å². The van der Waals surface area contributed by atoms with Crippen molar-refractivity contribution in [2.75, 3.05) is 13.2 Å². The molecule has 0 radical (unpaired) electrons. The predicted molar refractivity (Wildman–Crippen MR) is 94.2 cm³/mol. The first kappa shape index (κ1) is 16.0. The number of hydrogen-bond acceptors (Lipinski definition) is 3. The Balaban J connectivity index is 1.49. The number of nitrogens with one attached hydrogen (secondary N) is 1. The highest BCUT2D eigenvalue weighted by molar-refractivity contribution is 5.89. The van der Waals surface area contributed by atoms with Crippen LogP contribution in [-0.4, -0.2) is 24.8 Å². The van der Waals surface area contributed by atoms with Crippen molar-refractivity contribution in [3.63, 3.8) is 0 Å². The van der Waals surface area contributed by atoms with Gasteiger partial charge in [0.05, 0.1) is 6.61 Å². The highest BCUT2D eigenvalue weighted by Gasteiger charge is 2.45. The number of amides is 1. The molecule has 25 heavy (non-hydrogen) atoms. The van der Waals surface area contributed by atoms with Gasteiger partial charge in [-0.1, -0.05) is 54.6 Å². The Kier molecular flexibility index (Phi) is 4.14. The van der Waals surface area contributed by atoms with Gasteiger partial charge in [0.25, 0.3) is 5.91 Å². The van der Waals surface area contributed by atoms with Crippen molar-refractivity contribution in [1.82, 2.24) is 5.32 Å². The lowest BCUT2D eigenvalue weighted by molar-refractivity contribution is -0.136. The zero-order valence-electron chi connectivity index (χ0n) is 14.0. The summed E-state index contributed by atoms with van der Waals surface area (Å²) in [6.07, 6.45) is 1.25. The van der Waals surface area contributed by atoms with E-state index in [-0.39, 0.29) is 17.1 Å². The molecule has 4 heteroatoms. The summed E-state index contributed by atoms with van der Waals surface area (Å²) in [5, 5.41) is 3.04. The summed E-state index contributed by atoms with van der Waals surface area (Å²) in [5.41, 5.74) is 2.96. The Morgan fingerprint density at radius 3 is 2.56 bits per heavy atom. The zero-order chi connectivity index (χ0) is 17.3. The van der Waals surface area contributed by atoms with Crippen LogP contribution in [0.15, 0.2) is 54.6 Å². The van der Waals surface area contributed by atoms with Crippen molar-refractivity contribution in [3.05, 3.63) is 71.3 Å². The lowest BCUT2D eigenvalue weighted by Crippen LogP contribution is -2.51. The lowest BCUT2D eigenvalue weighted by Gasteiger charge is -2.41. The van der Waals surface area contributed by atoms with Crippen LogP contribution in [0, 0.1) is 0 Å². The van der Waals surface area contributed by atoms with E-state index in [9.17, 15) is 9.59 Å². The SMILES string of the molecule is O=C1CC(CNC(=O)C2OCCc3ccccc32)(c2ccccc2)C1. The van der Waals surface area contributed by atoms with E-state index in [1.54, 1.807) is 0 Å². The molecule has 1 fully saturated rings. The van der Waals surface area contributed by atoms with Crippen LogP contribution in [0.4, 0.5) is 0 Å². The third-order valence-electron chi connectivity index (χ3n) is 5.29. The Labute approximate surface area is 147 Å². The van der Waals surface area contributed by atoms with Crippen molar-refractivity contribution in [2.24, 2.45) is 0 Å². The number of carbonyl (C=O) groups excluding carboxylic acids is 2. The maximum atomic E-state index is 12.7. The molecule has 1 aliphatic heterocycles. The Morgan fingerprint density at radius 2 is 1.80 bits per heavy atom. The Bertz CT molecular complexity index is 792. The summed E-state index contributed by atoms with van der Waals surface area (Å²) in [6.45, 7) is 1.01. The van der Waals surface area contributed by atoms with Crippen LogP contribution in [-0.2, 0) is 26.2 Å². The number of benzene rings is 2. The van der Waals surface area contributed by atoms with Crippen LogP contribution < -0.4 is 5.32 Å². The Morgan fingerprint density at radius 1 is 1.08 bits per heavy atom. The number of rotatable bonds is 4. The first-order chi connectivity index (χ1) is 12.2. The van der Waals surface area contributed by atoms with Crippen molar-refractivity contribution in [1.29, 1.82) is 0 Å². The number of Topliss-reactive ketones (excluding diaryl/α,β-unsaturated/α-hetero) is 1. The van der Waals surface area contributed by atoms with Gasteiger partial charge >= 0.3 is 0 Å². The van der Waals surface area contributed by atoms with Gasteiger partial charge in [-0.25, -0.2) is 0 Å². The number of fused-ring (bicyclic) bond motifs is 1. The van der Waals surface area contributed by atoms with Crippen LogP contribution >= 0.6 is 0 Å². The molecule has 2 aliphatic rings. The fourth-order valence-corrected chi connectivity index (χ4v) is 3.89.